The number of benzene rings is 2. The first kappa shape index (κ1) is 21.9. The van der Waals surface area contributed by atoms with Gasteiger partial charge in [-0.25, -0.2) is 0 Å². The van der Waals surface area contributed by atoms with E-state index in [4.69, 9.17) is 5.73 Å². The van der Waals surface area contributed by atoms with Crippen molar-refractivity contribution in [3.05, 3.63) is 65.7 Å². The van der Waals surface area contributed by atoms with Crippen LogP contribution in [0.15, 0.2) is 54.6 Å². The summed E-state index contributed by atoms with van der Waals surface area (Å²) in [6, 6.07) is 14.1. The smallest absolute Gasteiger partial charge is 0.242 e. The Bertz CT molecular complexity index is 824. The minimum absolute atomic E-state index is 0.130. The minimum atomic E-state index is -0.844. The highest BCUT2D eigenvalue weighted by molar-refractivity contribution is 5.91. The van der Waals surface area contributed by atoms with E-state index in [1.54, 1.807) is 12.1 Å². The zero-order valence-electron chi connectivity index (χ0n) is 16.2. The first-order valence-corrected chi connectivity index (χ1v) is 9.27. The number of nitrogens with two attached hydrogens (primary N) is 1. The van der Waals surface area contributed by atoms with E-state index in [1.807, 2.05) is 30.3 Å². The number of nitrogens with one attached hydrogen (secondary N) is 3. The zero-order chi connectivity index (χ0) is 21.2. The molecule has 2 rings (SSSR count). The molecule has 0 spiro atoms. The van der Waals surface area contributed by atoms with Crippen LogP contribution in [0.4, 0.5) is 0 Å². The summed E-state index contributed by atoms with van der Waals surface area (Å²) in [5.74, 6) is -1.16. The summed E-state index contributed by atoms with van der Waals surface area (Å²) < 4.78 is 0. The summed E-state index contributed by atoms with van der Waals surface area (Å²) in [6.07, 6.45) is 0.266. The van der Waals surface area contributed by atoms with Gasteiger partial charge < -0.3 is 26.8 Å². The summed E-state index contributed by atoms with van der Waals surface area (Å²) in [5, 5.41) is 17.0. The lowest BCUT2D eigenvalue weighted by atomic mass is 10.1. The molecule has 2 aromatic rings. The van der Waals surface area contributed by atoms with Gasteiger partial charge >= 0.3 is 0 Å². The van der Waals surface area contributed by atoms with Crippen molar-refractivity contribution in [1.82, 2.24) is 16.0 Å². The zero-order valence-corrected chi connectivity index (χ0v) is 16.2. The molecular formula is C21H26N4O4. The summed E-state index contributed by atoms with van der Waals surface area (Å²) in [5.41, 5.74) is 7.63. The molecule has 29 heavy (non-hydrogen) atoms. The predicted molar refractivity (Wildman–Crippen MR) is 109 cm³/mol. The third-order valence-electron chi connectivity index (χ3n) is 4.24. The first-order valence-electron chi connectivity index (χ1n) is 9.27. The molecule has 0 saturated carbocycles. The van der Waals surface area contributed by atoms with Crippen molar-refractivity contribution in [2.24, 2.45) is 5.73 Å². The SMILES string of the molecule is C[C@H](NC(=O)[C@@H](N)Cc1ccc(O)cc1)C(=O)NCC(=O)NCc1ccccc1. The molecule has 2 atom stereocenters. The Morgan fingerprint density at radius 2 is 1.59 bits per heavy atom. The molecule has 0 fully saturated rings. The number of hydrogen-bond donors (Lipinski definition) is 5. The van der Waals surface area contributed by atoms with Gasteiger partial charge in [0.2, 0.25) is 17.7 Å². The van der Waals surface area contributed by atoms with Gasteiger partial charge in [-0.15, -0.1) is 0 Å². The largest absolute Gasteiger partial charge is 0.508 e. The van der Waals surface area contributed by atoms with E-state index < -0.39 is 23.9 Å². The Morgan fingerprint density at radius 3 is 2.24 bits per heavy atom. The van der Waals surface area contributed by atoms with Crippen LogP contribution in [0, 0.1) is 0 Å². The third-order valence-corrected chi connectivity index (χ3v) is 4.24. The van der Waals surface area contributed by atoms with Gasteiger partial charge in [0.25, 0.3) is 0 Å². The van der Waals surface area contributed by atoms with Crippen LogP contribution >= 0.6 is 0 Å². The summed E-state index contributed by atoms with van der Waals surface area (Å²) >= 11 is 0. The number of amides is 3. The second-order valence-corrected chi connectivity index (χ2v) is 6.69. The van der Waals surface area contributed by atoms with Gasteiger partial charge in [-0.3, -0.25) is 14.4 Å². The van der Waals surface area contributed by atoms with Crippen LogP contribution in [0.3, 0.4) is 0 Å². The molecule has 0 radical (unpaired) electrons. The lowest BCUT2D eigenvalue weighted by molar-refractivity contribution is -0.130. The van der Waals surface area contributed by atoms with Gasteiger partial charge in [0.1, 0.15) is 11.8 Å². The predicted octanol–water partition coefficient (Wildman–Crippen LogP) is 0.199. The molecule has 154 valence electrons. The number of carbonyl (C=O) groups excluding carboxylic acids is 3. The van der Waals surface area contributed by atoms with Gasteiger partial charge in [-0.1, -0.05) is 42.5 Å². The minimum Gasteiger partial charge on any atom is -0.508 e. The van der Waals surface area contributed by atoms with Crippen molar-refractivity contribution in [3.63, 3.8) is 0 Å². The summed E-state index contributed by atoms with van der Waals surface area (Å²) in [4.78, 5) is 36.1. The molecule has 8 heteroatoms. The fourth-order valence-electron chi connectivity index (χ4n) is 2.54. The molecule has 2 aromatic carbocycles. The molecule has 0 bridgehead atoms. The highest BCUT2D eigenvalue weighted by Crippen LogP contribution is 2.10. The Hall–Kier alpha value is -3.39. The van der Waals surface area contributed by atoms with Gasteiger partial charge in [0.15, 0.2) is 0 Å². The van der Waals surface area contributed by atoms with Crippen molar-refractivity contribution >= 4 is 17.7 Å². The van der Waals surface area contributed by atoms with Crippen molar-refractivity contribution in [1.29, 1.82) is 0 Å². The van der Waals surface area contributed by atoms with Crippen LogP contribution in [0.5, 0.6) is 5.75 Å². The van der Waals surface area contributed by atoms with E-state index in [2.05, 4.69) is 16.0 Å². The van der Waals surface area contributed by atoms with E-state index in [0.29, 0.717) is 6.54 Å². The van der Waals surface area contributed by atoms with Gasteiger partial charge in [0.05, 0.1) is 12.6 Å². The van der Waals surface area contributed by atoms with Crippen LogP contribution in [0.1, 0.15) is 18.1 Å². The van der Waals surface area contributed by atoms with Crippen LogP contribution in [-0.4, -0.2) is 41.5 Å². The van der Waals surface area contributed by atoms with Crippen LogP contribution in [-0.2, 0) is 27.3 Å². The second-order valence-electron chi connectivity index (χ2n) is 6.69. The fourth-order valence-corrected chi connectivity index (χ4v) is 2.54. The van der Waals surface area contributed by atoms with E-state index in [0.717, 1.165) is 11.1 Å². The molecule has 0 unspecified atom stereocenters. The monoisotopic (exact) mass is 398 g/mol. The van der Waals surface area contributed by atoms with Crippen LogP contribution < -0.4 is 21.7 Å². The molecule has 6 N–H and O–H groups in total. The Morgan fingerprint density at radius 1 is 0.931 bits per heavy atom. The Kier molecular flexibility index (Phi) is 8.17. The van der Waals surface area contributed by atoms with Crippen LogP contribution in [0.25, 0.3) is 0 Å². The topological polar surface area (TPSA) is 134 Å². The van der Waals surface area contributed by atoms with Gasteiger partial charge in [-0.2, -0.15) is 0 Å². The average molecular weight is 398 g/mol. The molecule has 0 aliphatic rings. The molecule has 0 aliphatic carbocycles. The summed E-state index contributed by atoms with van der Waals surface area (Å²) in [6.45, 7) is 1.70. The van der Waals surface area contributed by atoms with E-state index in [1.165, 1.54) is 19.1 Å². The maximum absolute atomic E-state index is 12.2. The number of aromatic hydroxyl groups is 1. The Labute approximate surface area is 169 Å². The number of hydrogen-bond acceptors (Lipinski definition) is 5. The van der Waals surface area contributed by atoms with Crippen molar-refractivity contribution in [3.8, 4) is 5.75 Å². The standard InChI is InChI=1S/C21H26N4O4/c1-14(25-21(29)18(22)11-15-7-9-17(26)10-8-15)20(28)24-13-19(27)23-12-16-5-3-2-4-6-16/h2-10,14,18,26H,11-13,22H2,1H3,(H,23,27)(H,24,28)(H,25,29)/t14-,18-/m0/s1. The lowest BCUT2D eigenvalue weighted by Crippen LogP contribution is -2.51. The normalized spacial score (nSPS) is 12.5. The number of phenolic OH excluding ortho intramolecular Hbond substituents is 1. The number of carbonyl (C=O) groups is 3. The van der Waals surface area contributed by atoms with Gasteiger partial charge in [-0.05, 0) is 36.6 Å². The van der Waals surface area contributed by atoms with Crippen molar-refractivity contribution in [2.75, 3.05) is 6.54 Å². The highest BCUT2D eigenvalue weighted by Gasteiger charge is 2.20. The second kappa shape index (κ2) is 10.8. The van der Waals surface area contributed by atoms with Crippen LogP contribution in [0.2, 0.25) is 0 Å². The molecule has 0 aromatic heterocycles. The average Bonchev–Trinajstić information content (AvgIpc) is 2.72. The van der Waals surface area contributed by atoms with Crippen molar-refractivity contribution < 1.29 is 19.5 Å². The van der Waals surface area contributed by atoms with E-state index in [9.17, 15) is 19.5 Å². The third kappa shape index (κ3) is 7.63. The molecule has 0 aliphatic heterocycles. The molecule has 3 amide bonds. The Balaban J connectivity index is 1.70. The summed E-state index contributed by atoms with van der Waals surface area (Å²) in [7, 11) is 0. The van der Waals surface area contributed by atoms with E-state index in [-0.39, 0.29) is 24.6 Å². The quantitative estimate of drug-likeness (QED) is 0.411. The molecular weight excluding hydrogens is 372 g/mol. The lowest BCUT2D eigenvalue weighted by Gasteiger charge is -2.17. The fraction of sp³-hybridized carbons (Fsp3) is 0.286. The number of phenols is 1. The highest BCUT2D eigenvalue weighted by atomic mass is 16.3. The van der Waals surface area contributed by atoms with E-state index >= 15 is 0 Å². The molecule has 0 heterocycles. The molecule has 8 nitrogen and oxygen atoms in total. The molecule has 0 saturated heterocycles. The maximum Gasteiger partial charge on any atom is 0.242 e. The van der Waals surface area contributed by atoms with Crippen molar-refractivity contribution in [2.45, 2.75) is 32.0 Å². The maximum atomic E-state index is 12.2. The van der Waals surface area contributed by atoms with Gasteiger partial charge in [0, 0.05) is 6.54 Å². The number of rotatable bonds is 9. The first-order chi connectivity index (χ1) is 13.8.